The van der Waals surface area contributed by atoms with E-state index in [4.69, 9.17) is 16.3 Å². The topological polar surface area (TPSA) is 26.3 Å². The summed E-state index contributed by atoms with van der Waals surface area (Å²) < 4.78 is 4.82. The van der Waals surface area contributed by atoms with Crippen molar-refractivity contribution in [3.05, 3.63) is 34.3 Å². The highest BCUT2D eigenvalue weighted by Gasteiger charge is 1.95. The molecule has 16 heavy (non-hydrogen) atoms. The molecule has 1 aromatic rings. The second-order valence-electron chi connectivity index (χ2n) is 3.28. The molecule has 0 fully saturated rings. The molecule has 2 nitrogen and oxygen atoms in total. The highest BCUT2D eigenvalue weighted by atomic mass is 35.5. The molecule has 0 amide bonds. The van der Waals surface area contributed by atoms with Gasteiger partial charge in [-0.25, -0.2) is 0 Å². The lowest BCUT2D eigenvalue weighted by Gasteiger charge is -1.97. The summed E-state index contributed by atoms with van der Waals surface area (Å²) in [6.45, 7) is 3.80. The van der Waals surface area contributed by atoms with Gasteiger partial charge in [0.1, 0.15) is 0 Å². The highest BCUT2D eigenvalue weighted by molar-refractivity contribution is 6.31. The predicted molar refractivity (Wildman–Crippen MR) is 64.3 cm³/mol. The van der Waals surface area contributed by atoms with Gasteiger partial charge in [-0.05, 0) is 24.6 Å². The van der Waals surface area contributed by atoms with Crippen molar-refractivity contribution in [1.82, 2.24) is 0 Å². The number of ether oxygens (including phenoxy) is 1. The fourth-order valence-corrected chi connectivity index (χ4v) is 1.21. The minimum atomic E-state index is -0.240. The lowest BCUT2D eigenvalue weighted by Crippen LogP contribution is -2.01. The molecule has 0 heterocycles. The number of hydrogen-bond acceptors (Lipinski definition) is 2. The maximum Gasteiger partial charge on any atom is 0.306 e. The SMILES string of the molecule is CCC(=O)OCC#Cc1ccc(C)c(Cl)c1. The summed E-state index contributed by atoms with van der Waals surface area (Å²) in [5.41, 5.74) is 1.84. The first-order valence-electron chi connectivity index (χ1n) is 5.04. The van der Waals surface area contributed by atoms with Crippen LogP contribution in [0.2, 0.25) is 5.02 Å². The molecule has 0 saturated heterocycles. The average Bonchev–Trinajstić information content (AvgIpc) is 2.28. The Morgan fingerprint density at radius 1 is 1.50 bits per heavy atom. The van der Waals surface area contributed by atoms with E-state index in [1.165, 1.54) is 0 Å². The Hall–Kier alpha value is -1.46. The summed E-state index contributed by atoms with van der Waals surface area (Å²) >= 11 is 5.95. The largest absolute Gasteiger partial charge is 0.452 e. The molecule has 0 aliphatic carbocycles. The maximum absolute atomic E-state index is 10.8. The van der Waals surface area contributed by atoms with Gasteiger partial charge in [0.15, 0.2) is 6.61 Å². The van der Waals surface area contributed by atoms with Crippen LogP contribution in [0.15, 0.2) is 18.2 Å². The van der Waals surface area contributed by atoms with Gasteiger partial charge >= 0.3 is 5.97 Å². The number of benzene rings is 1. The summed E-state index contributed by atoms with van der Waals surface area (Å²) in [5, 5.41) is 0.692. The molecule has 0 aliphatic heterocycles. The number of carbonyl (C=O) groups is 1. The molecular formula is C13H13ClO2. The van der Waals surface area contributed by atoms with Crippen LogP contribution >= 0.6 is 11.6 Å². The van der Waals surface area contributed by atoms with Crippen LogP contribution in [0.5, 0.6) is 0 Å². The zero-order valence-corrected chi connectivity index (χ0v) is 10.1. The Labute approximate surface area is 101 Å². The third kappa shape index (κ3) is 3.96. The molecule has 0 spiro atoms. The van der Waals surface area contributed by atoms with Crippen LogP contribution in [0.25, 0.3) is 0 Å². The monoisotopic (exact) mass is 236 g/mol. The van der Waals surface area contributed by atoms with Gasteiger partial charge in [-0.3, -0.25) is 4.79 Å². The lowest BCUT2D eigenvalue weighted by atomic mass is 10.1. The van der Waals surface area contributed by atoms with Crippen molar-refractivity contribution in [2.45, 2.75) is 20.3 Å². The first kappa shape index (κ1) is 12.6. The zero-order chi connectivity index (χ0) is 12.0. The molecule has 0 bridgehead atoms. The van der Waals surface area contributed by atoms with E-state index in [-0.39, 0.29) is 12.6 Å². The molecule has 0 aromatic heterocycles. The van der Waals surface area contributed by atoms with Crippen LogP contribution in [-0.4, -0.2) is 12.6 Å². The average molecular weight is 237 g/mol. The van der Waals surface area contributed by atoms with Crippen molar-refractivity contribution in [1.29, 1.82) is 0 Å². The van der Waals surface area contributed by atoms with E-state index in [1.807, 2.05) is 19.1 Å². The molecular weight excluding hydrogens is 224 g/mol. The third-order valence-corrected chi connectivity index (χ3v) is 2.41. The number of carbonyl (C=O) groups excluding carboxylic acids is 1. The van der Waals surface area contributed by atoms with Crippen molar-refractivity contribution in [3.8, 4) is 11.8 Å². The van der Waals surface area contributed by atoms with Gasteiger partial charge in [0.2, 0.25) is 0 Å². The molecule has 0 saturated carbocycles. The van der Waals surface area contributed by atoms with E-state index in [9.17, 15) is 4.79 Å². The normalized spacial score (nSPS) is 9.19. The van der Waals surface area contributed by atoms with Crippen LogP contribution < -0.4 is 0 Å². The number of halogens is 1. The molecule has 1 rings (SSSR count). The Balaban J connectivity index is 2.56. The van der Waals surface area contributed by atoms with E-state index >= 15 is 0 Å². The minimum Gasteiger partial charge on any atom is -0.452 e. The Kier molecular flexibility index (Phi) is 4.88. The number of rotatable bonds is 2. The van der Waals surface area contributed by atoms with Gasteiger partial charge in [0.25, 0.3) is 0 Å². The summed E-state index contributed by atoms with van der Waals surface area (Å²) in [4.78, 5) is 10.8. The van der Waals surface area contributed by atoms with Crippen LogP contribution in [-0.2, 0) is 9.53 Å². The summed E-state index contributed by atoms with van der Waals surface area (Å²) in [6, 6.07) is 5.59. The van der Waals surface area contributed by atoms with Gasteiger partial charge in [0.05, 0.1) is 0 Å². The summed E-state index contributed by atoms with van der Waals surface area (Å²) in [5.74, 6) is 5.40. The number of aryl methyl sites for hydroxylation is 1. The molecule has 84 valence electrons. The molecule has 0 N–H and O–H groups in total. The Morgan fingerprint density at radius 3 is 2.88 bits per heavy atom. The van der Waals surface area contributed by atoms with Crippen LogP contribution in [0.4, 0.5) is 0 Å². The quantitative estimate of drug-likeness (QED) is 0.583. The second kappa shape index (κ2) is 6.19. The van der Waals surface area contributed by atoms with Crippen LogP contribution in [0, 0.1) is 18.8 Å². The van der Waals surface area contributed by atoms with Gasteiger partial charge in [-0.2, -0.15) is 0 Å². The van der Waals surface area contributed by atoms with Gasteiger partial charge < -0.3 is 4.74 Å². The van der Waals surface area contributed by atoms with E-state index in [2.05, 4.69) is 11.8 Å². The highest BCUT2D eigenvalue weighted by Crippen LogP contribution is 2.15. The molecule has 0 unspecified atom stereocenters. The van der Waals surface area contributed by atoms with Crippen molar-refractivity contribution in [2.24, 2.45) is 0 Å². The molecule has 0 atom stereocenters. The molecule has 1 aromatic carbocycles. The van der Waals surface area contributed by atoms with Gasteiger partial charge in [-0.1, -0.05) is 36.4 Å². The van der Waals surface area contributed by atoms with Crippen molar-refractivity contribution < 1.29 is 9.53 Å². The fraction of sp³-hybridized carbons (Fsp3) is 0.308. The first-order chi connectivity index (χ1) is 7.63. The number of hydrogen-bond donors (Lipinski definition) is 0. The van der Waals surface area contributed by atoms with Crippen LogP contribution in [0.1, 0.15) is 24.5 Å². The Morgan fingerprint density at radius 2 is 2.25 bits per heavy atom. The van der Waals surface area contributed by atoms with Crippen LogP contribution in [0.3, 0.4) is 0 Å². The fourth-order valence-electron chi connectivity index (χ4n) is 1.03. The summed E-state index contributed by atoms with van der Waals surface area (Å²) in [6.07, 6.45) is 0.373. The lowest BCUT2D eigenvalue weighted by molar-refractivity contribution is -0.141. The van der Waals surface area contributed by atoms with E-state index in [1.54, 1.807) is 13.0 Å². The van der Waals surface area contributed by atoms with Gasteiger partial charge in [-0.15, -0.1) is 0 Å². The van der Waals surface area contributed by atoms with Crippen molar-refractivity contribution in [2.75, 3.05) is 6.61 Å². The van der Waals surface area contributed by atoms with Gasteiger partial charge in [0, 0.05) is 17.0 Å². The smallest absolute Gasteiger partial charge is 0.306 e. The second-order valence-corrected chi connectivity index (χ2v) is 3.69. The predicted octanol–water partition coefficient (Wildman–Crippen LogP) is 2.95. The van der Waals surface area contributed by atoms with Crippen molar-refractivity contribution >= 4 is 17.6 Å². The zero-order valence-electron chi connectivity index (χ0n) is 9.34. The molecule has 0 radical (unpaired) electrons. The third-order valence-electron chi connectivity index (χ3n) is 2.00. The van der Waals surface area contributed by atoms with Crippen molar-refractivity contribution in [3.63, 3.8) is 0 Å². The van der Waals surface area contributed by atoms with E-state index < -0.39 is 0 Å². The number of esters is 1. The minimum absolute atomic E-state index is 0.123. The maximum atomic E-state index is 10.8. The Bertz CT molecular complexity index is 441. The molecule has 3 heteroatoms. The first-order valence-corrected chi connectivity index (χ1v) is 5.42. The van der Waals surface area contributed by atoms with E-state index in [0.29, 0.717) is 11.4 Å². The van der Waals surface area contributed by atoms with E-state index in [0.717, 1.165) is 11.1 Å². The summed E-state index contributed by atoms with van der Waals surface area (Å²) in [7, 11) is 0. The molecule has 0 aliphatic rings. The standard InChI is InChI=1S/C13H13ClO2/c1-3-13(15)16-8-4-5-11-7-6-10(2)12(14)9-11/h6-7,9H,3,8H2,1-2H3.